The molecular formula is C20H25N4O4+. The highest BCUT2D eigenvalue weighted by molar-refractivity contribution is 5.97. The molecule has 0 saturated heterocycles. The third-order valence-electron chi connectivity index (χ3n) is 4.16. The standard InChI is InChI=1S/C20H24N4O4/c1-21-20(27)23-19(26)18(14-7-5-4-6-8-14)24(2)13-17(25)22-15-9-11-16(28-3)12-10-15/h4-12,18H,13H2,1-3H3,(H,22,25)(H2,21,23,26,27)/p+1/t18-/m1/s1. The Hall–Kier alpha value is -3.39. The highest BCUT2D eigenvalue weighted by Crippen LogP contribution is 2.14. The van der Waals surface area contributed by atoms with E-state index in [-0.39, 0.29) is 12.5 Å². The van der Waals surface area contributed by atoms with Crippen LogP contribution < -0.4 is 25.6 Å². The van der Waals surface area contributed by atoms with Gasteiger partial charge in [0.2, 0.25) is 0 Å². The molecule has 0 bridgehead atoms. The molecule has 4 N–H and O–H groups in total. The summed E-state index contributed by atoms with van der Waals surface area (Å²) in [6.45, 7) is 0.0345. The van der Waals surface area contributed by atoms with Gasteiger partial charge < -0.3 is 20.3 Å². The molecule has 28 heavy (non-hydrogen) atoms. The van der Waals surface area contributed by atoms with E-state index in [0.717, 1.165) is 0 Å². The molecule has 0 aromatic heterocycles. The predicted octanol–water partition coefficient (Wildman–Crippen LogP) is 0.345. The van der Waals surface area contributed by atoms with Crippen LogP contribution in [0.25, 0.3) is 0 Å². The number of urea groups is 1. The Morgan fingerprint density at radius 3 is 2.25 bits per heavy atom. The first-order valence-corrected chi connectivity index (χ1v) is 8.78. The smallest absolute Gasteiger partial charge is 0.321 e. The van der Waals surface area contributed by atoms with Gasteiger partial charge in [0.25, 0.3) is 11.8 Å². The Morgan fingerprint density at radius 1 is 1.04 bits per heavy atom. The zero-order valence-electron chi connectivity index (χ0n) is 16.1. The van der Waals surface area contributed by atoms with Gasteiger partial charge >= 0.3 is 6.03 Å². The minimum atomic E-state index is -0.722. The maximum absolute atomic E-state index is 12.6. The normalized spacial score (nSPS) is 12.4. The fourth-order valence-electron chi connectivity index (χ4n) is 2.79. The van der Waals surface area contributed by atoms with Crippen LogP contribution in [-0.2, 0) is 9.59 Å². The molecule has 0 aliphatic rings. The second-order valence-corrected chi connectivity index (χ2v) is 6.21. The zero-order chi connectivity index (χ0) is 20.5. The number of imide groups is 1. The van der Waals surface area contributed by atoms with E-state index in [1.165, 1.54) is 7.05 Å². The first-order chi connectivity index (χ1) is 13.4. The number of anilines is 1. The van der Waals surface area contributed by atoms with E-state index < -0.39 is 18.0 Å². The van der Waals surface area contributed by atoms with Gasteiger partial charge in [-0.1, -0.05) is 30.3 Å². The van der Waals surface area contributed by atoms with Gasteiger partial charge in [-0.25, -0.2) is 4.79 Å². The summed E-state index contributed by atoms with van der Waals surface area (Å²) in [5, 5.41) is 7.44. The second-order valence-electron chi connectivity index (χ2n) is 6.21. The van der Waals surface area contributed by atoms with Gasteiger partial charge in [0, 0.05) is 18.3 Å². The molecular weight excluding hydrogens is 360 g/mol. The number of likely N-dealkylation sites (N-methyl/N-ethyl adjacent to an activating group) is 1. The van der Waals surface area contributed by atoms with Gasteiger partial charge in [0.05, 0.1) is 14.2 Å². The Morgan fingerprint density at radius 2 is 1.68 bits per heavy atom. The van der Waals surface area contributed by atoms with E-state index in [1.54, 1.807) is 62.7 Å². The van der Waals surface area contributed by atoms with Crippen LogP contribution in [0.2, 0.25) is 0 Å². The number of benzene rings is 2. The van der Waals surface area contributed by atoms with Crippen molar-refractivity contribution >= 4 is 23.5 Å². The molecule has 8 nitrogen and oxygen atoms in total. The number of rotatable bonds is 7. The largest absolute Gasteiger partial charge is 0.497 e. The molecule has 4 amide bonds. The van der Waals surface area contributed by atoms with Gasteiger partial charge in [-0.3, -0.25) is 14.9 Å². The van der Waals surface area contributed by atoms with Crippen LogP contribution >= 0.6 is 0 Å². The van der Waals surface area contributed by atoms with Gasteiger partial charge in [-0.05, 0) is 24.3 Å². The van der Waals surface area contributed by atoms with Gasteiger partial charge in [0.15, 0.2) is 12.6 Å². The number of amides is 4. The van der Waals surface area contributed by atoms with E-state index in [1.807, 2.05) is 6.07 Å². The first-order valence-electron chi connectivity index (χ1n) is 8.78. The summed E-state index contributed by atoms with van der Waals surface area (Å²) in [4.78, 5) is 37.2. The SMILES string of the molecule is CNC(=O)NC(=O)[C@@H](c1ccccc1)[NH+](C)CC(=O)Nc1ccc(OC)cc1. The van der Waals surface area contributed by atoms with Crippen molar-refractivity contribution in [3.63, 3.8) is 0 Å². The molecule has 0 heterocycles. The number of methoxy groups -OCH3 is 1. The average Bonchev–Trinajstić information content (AvgIpc) is 2.69. The highest BCUT2D eigenvalue weighted by atomic mass is 16.5. The number of ether oxygens (including phenoxy) is 1. The molecule has 2 rings (SSSR count). The molecule has 2 atom stereocenters. The number of quaternary nitrogens is 1. The summed E-state index contributed by atoms with van der Waals surface area (Å²) in [7, 11) is 4.73. The minimum absolute atomic E-state index is 0.0345. The van der Waals surface area contributed by atoms with Crippen molar-refractivity contribution in [3.8, 4) is 5.75 Å². The van der Waals surface area contributed by atoms with Crippen LogP contribution in [-0.4, -0.2) is 45.6 Å². The lowest BCUT2D eigenvalue weighted by atomic mass is 10.0. The third kappa shape index (κ3) is 5.82. The number of nitrogens with one attached hydrogen (secondary N) is 4. The van der Waals surface area contributed by atoms with Crippen LogP contribution in [0.15, 0.2) is 54.6 Å². The Labute approximate surface area is 163 Å². The minimum Gasteiger partial charge on any atom is -0.497 e. The summed E-state index contributed by atoms with van der Waals surface area (Å²) in [5.41, 5.74) is 1.34. The lowest BCUT2D eigenvalue weighted by Gasteiger charge is -2.24. The molecule has 0 radical (unpaired) electrons. The van der Waals surface area contributed by atoms with Crippen molar-refractivity contribution in [2.45, 2.75) is 6.04 Å². The third-order valence-corrected chi connectivity index (χ3v) is 4.16. The lowest BCUT2D eigenvalue weighted by Crippen LogP contribution is -3.11. The summed E-state index contributed by atoms with van der Waals surface area (Å²) in [6, 6.07) is 14.7. The fraction of sp³-hybridized carbons (Fsp3) is 0.250. The average molecular weight is 385 g/mol. The Kier molecular flexibility index (Phi) is 7.53. The second kappa shape index (κ2) is 10.1. The topological polar surface area (TPSA) is 101 Å². The van der Waals surface area contributed by atoms with Crippen molar-refractivity contribution in [1.82, 2.24) is 10.6 Å². The van der Waals surface area contributed by atoms with Crippen molar-refractivity contribution in [2.75, 3.05) is 33.1 Å². The first kappa shape index (κ1) is 20.9. The summed E-state index contributed by atoms with van der Waals surface area (Å²) in [5.74, 6) is -0.0487. The van der Waals surface area contributed by atoms with Gasteiger partial charge in [-0.2, -0.15) is 0 Å². The number of hydrogen-bond acceptors (Lipinski definition) is 4. The van der Waals surface area contributed by atoms with Crippen LogP contribution in [0, 0.1) is 0 Å². The predicted molar refractivity (Wildman–Crippen MR) is 105 cm³/mol. The van der Waals surface area contributed by atoms with Crippen molar-refractivity contribution < 1.29 is 24.0 Å². The zero-order valence-corrected chi connectivity index (χ0v) is 16.1. The molecule has 2 aromatic carbocycles. The maximum Gasteiger partial charge on any atom is 0.321 e. The van der Waals surface area contributed by atoms with E-state index in [0.29, 0.717) is 21.9 Å². The Balaban J connectivity index is 2.10. The van der Waals surface area contributed by atoms with E-state index in [4.69, 9.17) is 4.74 Å². The van der Waals surface area contributed by atoms with Crippen molar-refractivity contribution in [3.05, 3.63) is 60.2 Å². The number of carbonyl (C=O) groups excluding carboxylic acids is 3. The maximum atomic E-state index is 12.6. The van der Waals surface area contributed by atoms with Crippen molar-refractivity contribution in [1.29, 1.82) is 0 Å². The van der Waals surface area contributed by atoms with E-state index in [9.17, 15) is 14.4 Å². The van der Waals surface area contributed by atoms with Crippen LogP contribution in [0.1, 0.15) is 11.6 Å². The summed E-state index contributed by atoms with van der Waals surface area (Å²) >= 11 is 0. The molecule has 8 heteroatoms. The fourth-order valence-corrected chi connectivity index (χ4v) is 2.79. The highest BCUT2D eigenvalue weighted by Gasteiger charge is 2.31. The van der Waals surface area contributed by atoms with Crippen LogP contribution in [0.4, 0.5) is 10.5 Å². The molecule has 2 aromatic rings. The van der Waals surface area contributed by atoms with Crippen LogP contribution in [0.5, 0.6) is 5.75 Å². The van der Waals surface area contributed by atoms with Crippen molar-refractivity contribution in [2.24, 2.45) is 0 Å². The molecule has 0 aliphatic carbocycles. The number of hydrogen-bond donors (Lipinski definition) is 4. The Bertz CT molecular complexity index is 809. The van der Waals surface area contributed by atoms with Crippen LogP contribution in [0.3, 0.4) is 0 Å². The molecule has 0 saturated carbocycles. The van der Waals surface area contributed by atoms with E-state index in [2.05, 4.69) is 16.0 Å². The number of carbonyl (C=O) groups is 3. The van der Waals surface area contributed by atoms with E-state index >= 15 is 0 Å². The molecule has 0 aliphatic heterocycles. The summed E-state index contributed by atoms with van der Waals surface area (Å²) < 4.78 is 5.09. The monoisotopic (exact) mass is 385 g/mol. The van der Waals surface area contributed by atoms with Gasteiger partial charge in [-0.15, -0.1) is 0 Å². The molecule has 0 fully saturated rings. The van der Waals surface area contributed by atoms with Gasteiger partial charge in [0.1, 0.15) is 5.75 Å². The lowest BCUT2D eigenvalue weighted by molar-refractivity contribution is -0.894. The molecule has 0 spiro atoms. The molecule has 148 valence electrons. The summed E-state index contributed by atoms with van der Waals surface area (Å²) in [6.07, 6.45) is 0. The molecule has 1 unspecified atom stereocenters. The quantitative estimate of drug-likeness (QED) is 0.552.